The summed E-state index contributed by atoms with van der Waals surface area (Å²) >= 11 is 0. The molecule has 0 radical (unpaired) electrons. The second-order valence-electron chi connectivity index (χ2n) is 3.39. The van der Waals surface area contributed by atoms with Crippen molar-refractivity contribution in [3.8, 4) is 0 Å². The van der Waals surface area contributed by atoms with Gasteiger partial charge in [0.2, 0.25) is 0 Å². The lowest BCUT2D eigenvalue weighted by Crippen LogP contribution is -2.51. The van der Waals surface area contributed by atoms with Crippen molar-refractivity contribution < 1.29 is 19.4 Å². The molecule has 0 amide bonds. The Morgan fingerprint density at radius 3 is 2.69 bits per heavy atom. The smallest absolute Gasteiger partial charge is 0.338 e. The van der Waals surface area contributed by atoms with Gasteiger partial charge in [0.05, 0.1) is 6.10 Å². The SMILES string of the molecule is CC[C@@H]1OC(=O)[C@H](OC)[C@@H](O)[C@@H]1C. The van der Waals surface area contributed by atoms with Crippen LogP contribution in [0.5, 0.6) is 0 Å². The van der Waals surface area contributed by atoms with Gasteiger partial charge in [-0.25, -0.2) is 4.79 Å². The van der Waals surface area contributed by atoms with Crippen molar-refractivity contribution >= 4 is 5.97 Å². The predicted molar refractivity (Wildman–Crippen MR) is 46.1 cm³/mol. The number of hydrogen-bond acceptors (Lipinski definition) is 4. The lowest BCUT2D eigenvalue weighted by molar-refractivity contribution is -0.193. The number of aliphatic hydroxyl groups excluding tert-OH is 1. The molecule has 0 aromatic carbocycles. The molecule has 1 aliphatic heterocycles. The van der Waals surface area contributed by atoms with Crippen molar-refractivity contribution in [2.45, 2.75) is 38.6 Å². The molecular weight excluding hydrogens is 172 g/mol. The number of esters is 1. The Balaban J connectivity index is 2.72. The second kappa shape index (κ2) is 4.07. The zero-order valence-electron chi connectivity index (χ0n) is 8.19. The summed E-state index contributed by atoms with van der Waals surface area (Å²) in [6, 6.07) is 0. The van der Waals surface area contributed by atoms with Gasteiger partial charge >= 0.3 is 5.97 Å². The first-order chi connectivity index (χ1) is 6.11. The summed E-state index contributed by atoms with van der Waals surface area (Å²) in [6.45, 7) is 3.78. The number of cyclic esters (lactones) is 1. The van der Waals surface area contributed by atoms with Crippen LogP contribution < -0.4 is 0 Å². The number of ether oxygens (including phenoxy) is 2. The lowest BCUT2D eigenvalue weighted by Gasteiger charge is -2.36. The van der Waals surface area contributed by atoms with Gasteiger partial charge in [0.25, 0.3) is 0 Å². The number of rotatable bonds is 2. The van der Waals surface area contributed by atoms with E-state index in [1.807, 2.05) is 13.8 Å². The molecule has 0 saturated carbocycles. The maximum atomic E-state index is 11.2. The van der Waals surface area contributed by atoms with Crippen LogP contribution in [0.1, 0.15) is 20.3 Å². The molecule has 1 aliphatic rings. The Labute approximate surface area is 77.8 Å². The fourth-order valence-electron chi connectivity index (χ4n) is 1.65. The Kier molecular flexibility index (Phi) is 3.27. The fraction of sp³-hybridized carbons (Fsp3) is 0.889. The van der Waals surface area contributed by atoms with Crippen LogP contribution in [0.2, 0.25) is 0 Å². The molecule has 13 heavy (non-hydrogen) atoms. The average Bonchev–Trinajstić information content (AvgIpc) is 2.12. The molecule has 1 saturated heterocycles. The fourth-order valence-corrected chi connectivity index (χ4v) is 1.65. The standard InChI is InChI=1S/C9H16O4/c1-4-6-5(2)7(10)8(12-3)9(11)13-6/h5-8,10H,4H2,1-3H3/t5-,6+,7+,8-/m1/s1. The quantitative estimate of drug-likeness (QED) is 0.635. The molecule has 1 heterocycles. The van der Waals surface area contributed by atoms with Crippen molar-refractivity contribution in [1.29, 1.82) is 0 Å². The molecule has 0 aliphatic carbocycles. The van der Waals surface area contributed by atoms with E-state index in [1.54, 1.807) is 0 Å². The highest BCUT2D eigenvalue weighted by Crippen LogP contribution is 2.25. The molecule has 0 spiro atoms. The van der Waals surface area contributed by atoms with E-state index in [0.29, 0.717) is 0 Å². The Morgan fingerprint density at radius 2 is 2.23 bits per heavy atom. The van der Waals surface area contributed by atoms with E-state index < -0.39 is 18.2 Å². The van der Waals surface area contributed by atoms with E-state index in [0.717, 1.165) is 6.42 Å². The summed E-state index contributed by atoms with van der Waals surface area (Å²) in [4.78, 5) is 11.2. The van der Waals surface area contributed by atoms with Crippen LogP contribution in [-0.4, -0.2) is 36.5 Å². The summed E-state index contributed by atoms with van der Waals surface area (Å²) in [6.07, 6.45) is -1.04. The van der Waals surface area contributed by atoms with Crippen molar-refractivity contribution in [2.24, 2.45) is 5.92 Å². The third-order valence-corrected chi connectivity index (χ3v) is 2.59. The first-order valence-corrected chi connectivity index (χ1v) is 4.53. The van der Waals surface area contributed by atoms with Gasteiger partial charge in [-0.3, -0.25) is 0 Å². The molecule has 4 atom stereocenters. The summed E-state index contributed by atoms with van der Waals surface area (Å²) in [5.74, 6) is -0.521. The number of carbonyl (C=O) groups excluding carboxylic acids is 1. The first-order valence-electron chi connectivity index (χ1n) is 4.53. The maximum absolute atomic E-state index is 11.2. The Morgan fingerprint density at radius 1 is 1.62 bits per heavy atom. The Hall–Kier alpha value is -0.610. The third-order valence-electron chi connectivity index (χ3n) is 2.59. The number of hydrogen-bond donors (Lipinski definition) is 1. The highest BCUT2D eigenvalue weighted by Gasteiger charge is 2.42. The minimum Gasteiger partial charge on any atom is -0.460 e. The lowest BCUT2D eigenvalue weighted by atomic mass is 9.90. The van der Waals surface area contributed by atoms with Gasteiger partial charge in [0.1, 0.15) is 6.10 Å². The van der Waals surface area contributed by atoms with Gasteiger partial charge in [-0.15, -0.1) is 0 Å². The Bertz CT molecular complexity index is 192. The van der Waals surface area contributed by atoms with Crippen LogP contribution in [0.25, 0.3) is 0 Å². The third kappa shape index (κ3) is 1.84. The second-order valence-corrected chi connectivity index (χ2v) is 3.39. The molecule has 4 heteroatoms. The van der Waals surface area contributed by atoms with Crippen LogP contribution in [0.15, 0.2) is 0 Å². The van der Waals surface area contributed by atoms with Crippen molar-refractivity contribution in [3.05, 3.63) is 0 Å². The van der Waals surface area contributed by atoms with E-state index in [1.165, 1.54) is 7.11 Å². The van der Waals surface area contributed by atoms with Crippen LogP contribution >= 0.6 is 0 Å². The maximum Gasteiger partial charge on any atom is 0.338 e. The summed E-state index contributed by atoms with van der Waals surface area (Å²) in [5.41, 5.74) is 0. The predicted octanol–water partition coefficient (Wildman–Crippen LogP) is 0.334. The number of carbonyl (C=O) groups is 1. The molecule has 76 valence electrons. The molecule has 1 fully saturated rings. The molecule has 0 aromatic heterocycles. The monoisotopic (exact) mass is 188 g/mol. The summed E-state index contributed by atoms with van der Waals surface area (Å²) in [5, 5.41) is 9.68. The van der Waals surface area contributed by atoms with Crippen LogP contribution in [0.3, 0.4) is 0 Å². The topological polar surface area (TPSA) is 55.8 Å². The molecule has 0 aromatic rings. The van der Waals surface area contributed by atoms with Crippen molar-refractivity contribution in [3.63, 3.8) is 0 Å². The van der Waals surface area contributed by atoms with E-state index >= 15 is 0 Å². The van der Waals surface area contributed by atoms with E-state index in [4.69, 9.17) is 9.47 Å². The molecular formula is C9H16O4. The minimum absolute atomic E-state index is 0.0624. The molecule has 1 N–H and O–H groups in total. The van der Waals surface area contributed by atoms with Gasteiger partial charge in [0.15, 0.2) is 6.10 Å². The summed E-state index contributed by atoms with van der Waals surface area (Å²) < 4.78 is 9.95. The number of aliphatic hydroxyl groups is 1. The van der Waals surface area contributed by atoms with Crippen molar-refractivity contribution in [1.82, 2.24) is 0 Å². The zero-order chi connectivity index (χ0) is 10.0. The van der Waals surface area contributed by atoms with E-state index in [-0.39, 0.29) is 12.0 Å². The van der Waals surface area contributed by atoms with Gasteiger partial charge < -0.3 is 14.6 Å². The first kappa shape index (κ1) is 10.5. The largest absolute Gasteiger partial charge is 0.460 e. The van der Waals surface area contributed by atoms with Crippen LogP contribution in [0.4, 0.5) is 0 Å². The zero-order valence-corrected chi connectivity index (χ0v) is 8.19. The highest BCUT2D eigenvalue weighted by molar-refractivity contribution is 5.76. The van der Waals surface area contributed by atoms with Crippen molar-refractivity contribution in [2.75, 3.05) is 7.11 Å². The van der Waals surface area contributed by atoms with E-state index in [2.05, 4.69) is 0 Å². The van der Waals surface area contributed by atoms with Gasteiger partial charge in [0, 0.05) is 13.0 Å². The molecule has 0 unspecified atom stereocenters. The van der Waals surface area contributed by atoms with Crippen LogP contribution in [-0.2, 0) is 14.3 Å². The van der Waals surface area contributed by atoms with Gasteiger partial charge in [-0.05, 0) is 6.42 Å². The molecule has 0 bridgehead atoms. The minimum atomic E-state index is -0.821. The summed E-state index contributed by atoms with van der Waals surface area (Å²) in [7, 11) is 1.40. The average molecular weight is 188 g/mol. The van der Waals surface area contributed by atoms with E-state index in [9.17, 15) is 9.90 Å². The highest BCUT2D eigenvalue weighted by atomic mass is 16.6. The normalized spacial score (nSPS) is 40.2. The van der Waals surface area contributed by atoms with Crippen LogP contribution in [0, 0.1) is 5.92 Å². The van der Waals surface area contributed by atoms with Gasteiger partial charge in [-0.1, -0.05) is 13.8 Å². The molecule has 1 rings (SSSR count). The molecule has 4 nitrogen and oxygen atoms in total. The number of methoxy groups -OCH3 is 1. The van der Waals surface area contributed by atoms with Gasteiger partial charge in [-0.2, -0.15) is 0 Å².